The van der Waals surface area contributed by atoms with Crippen molar-refractivity contribution in [3.05, 3.63) is 207 Å². The molecule has 8 aromatic carbocycles. The molecule has 8 aromatic rings. The lowest BCUT2D eigenvalue weighted by atomic mass is 9.32. The molecule has 0 amide bonds. The number of nitrogens with zero attached hydrogens (tertiary/aromatic N) is 3. The average Bonchev–Trinajstić information content (AvgIpc) is 1.09. The van der Waals surface area contributed by atoms with Crippen molar-refractivity contribution < 1.29 is 4.74 Å². The lowest BCUT2D eigenvalue weighted by Gasteiger charge is -2.50. The molecule has 462 valence electrons. The van der Waals surface area contributed by atoms with E-state index in [2.05, 4.69) is 299 Å². The zero-order valence-corrected chi connectivity index (χ0v) is 58.1. The van der Waals surface area contributed by atoms with Gasteiger partial charge in [-0.1, -0.05) is 205 Å². The minimum absolute atomic E-state index is 0.00361. The predicted octanol–water partition coefficient (Wildman–Crippen LogP) is 21.7. The van der Waals surface area contributed by atoms with Crippen molar-refractivity contribution in [2.24, 2.45) is 0 Å². The molecule has 4 nitrogen and oxygen atoms in total. The van der Waals surface area contributed by atoms with E-state index >= 15 is 0 Å². The molecule has 90 heavy (non-hydrogen) atoms. The van der Waals surface area contributed by atoms with Crippen LogP contribution in [0.25, 0.3) is 11.1 Å². The highest BCUT2D eigenvalue weighted by Crippen LogP contribution is 2.59. The van der Waals surface area contributed by atoms with Gasteiger partial charge in [-0.05, 0) is 238 Å². The molecule has 0 bridgehead atoms. The maximum Gasteiger partial charge on any atom is 0.267 e. The van der Waals surface area contributed by atoms with Crippen molar-refractivity contribution in [1.82, 2.24) is 0 Å². The molecule has 3 aliphatic heterocycles. The third-order valence-corrected chi connectivity index (χ3v) is 24.2. The fourth-order valence-corrected chi connectivity index (χ4v) is 18.0. The van der Waals surface area contributed by atoms with Gasteiger partial charge in [0.25, 0.3) is 6.71 Å². The molecule has 0 spiro atoms. The van der Waals surface area contributed by atoms with E-state index in [1.54, 1.807) is 0 Å². The maximum absolute atomic E-state index is 7.90. The maximum atomic E-state index is 7.90. The zero-order chi connectivity index (χ0) is 63.7. The van der Waals surface area contributed by atoms with Crippen LogP contribution in [-0.4, -0.2) is 12.7 Å². The van der Waals surface area contributed by atoms with Crippen LogP contribution in [0.1, 0.15) is 244 Å². The average molecular weight is 1190 g/mol. The summed E-state index contributed by atoms with van der Waals surface area (Å²) in [5, 5.41) is 0. The standard InChI is InChI=1S/C85H98BN3O/c1-77(2,3)51-25-28-53(29-26-51)87(54-30-33-59-58-23-21-22-24-61(58)85(19,20)64(59)44-54)57-47-71-74-72(48-57)89(56-32-35-63-66(46-56)82(13,14)40-38-80(63,9)10)75-60-43-52(78(4,5)6)27-36-73(60)90-76(75)86(74)69-49-67-68(84(17,18)42-41-83(67,15)16)50-70(69)88(71)55-31-34-62-65(45-55)81(11,12)39-37-79(62,7)8/h21-36,43-50,75-76H,37-42H2,1-20H3. The van der Waals surface area contributed by atoms with Crippen molar-refractivity contribution in [2.45, 2.75) is 238 Å². The van der Waals surface area contributed by atoms with Gasteiger partial charge in [0.15, 0.2) is 0 Å². The van der Waals surface area contributed by atoms with Gasteiger partial charge in [-0.3, -0.25) is 0 Å². The van der Waals surface area contributed by atoms with Crippen molar-refractivity contribution in [3.8, 4) is 16.9 Å². The first-order valence-corrected chi connectivity index (χ1v) is 34.3. The van der Waals surface area contributed by atoms with Crippen LogP contribution in [0, 0.1) is 0 Å². The molecule has 5 heteroatoms. The van der Waals surface area contributed by atoms with E-state index in [-0.39, 0.29) is 67.5 Å². The molecule has 0 radical (unpaired) electrons. The first kappa shape index (κ1) is 59.3. The summed E-state index contributed by atoms with van der Waals surface area (Å²) in [6.07, 6.45) is 6.89. The first-order chi connectivity index (χ1) is 42.1. The van der Waals surface area contributed by atoms with Crippen LogP contribution in [0.15, 0.2) is 146 Å². The van der Waals surface area contributed by atoms with Gasteiger partial charge < -0.3 is 19.4 Å². The van der Waals surface area contributed by atoms with E-state index in [0.29, 0.717) is 0 Å². The summed E-state index contributed by atoms with van der Waals surface area (Å²) in [4.78, 5) is 8.17. The third-order valence-electron chi connectivity index (χ3n) is 24.2. The van der Waals surface area contributed by atoms with Gasteiger partial charge in [0, 0.05) is 50.8 Å². The van der Waals surface area contributed by atoms with Gasteiger partial charge in [-0.25, -0.2) is 0 Å². The Morgan fingerprint density at radius 3 is 1.51 bits per heavy atom. The molecular formula is C85H98BN3O. The fraction of sp³-hybridized carbons (Fsp3) is 0.435. The number of ether oxygens (including phenoxy) is 1. The van der Waals surface area contributed by atoms with Crippen LogP contribution in [0.2, 0.25) is 0 Å². The number of hydrogen-bond acceptors (Lipinski definition) is 4. The van der Waals surface area contributed by atoms with E-state index in [9.17, 15) is 0 Å². The highest BCUT2D eigenvalue weighted by molar-refractivity contribution is 6.91. The van der Waals surface area contributed by atoms with E-state index in [0.717, 1.165) is 54.9 Å². The summed E-state index contributed by atoms with van der Waals surface area (Å²) in [7, 11) is 0. The van der Waals surface area contributed by atoms with Crippen LogP contribution in [0.5, 0.6) is 5.75 Å². The molecular weight excluding hydrogens is 1090 g/mol. The van der Waals surface area contributed by atoms with Gasteiger partial charge in [-0.15, -0.1) is 0 Å². The van der Waals surface area contributed by atoms with Gasteiger partial charge in [0.05, 0.1) is 11.7 Å². The monoisotopic (exact) mass is 1190 g/mol. The Morgan fingerprint density at radius 2 is 0.911 bits per heavy atom. The molecule has 7 aliphatic rings. The van der Waals surface area contributed by atoms with Crippen LogP contribution in [-0.2, 0) is 48.7 Å². The molecule has 2 atom stereocenters. The van der Waals surface area contributed by atoms with Crippen LogP contribution < -0.4 is 30.4 Å². The molecule has 0 saturated heterocycles. The minimum Gasteiger partial charge on any atom is -0.495 e. The van der Waals surface area contributed by atoms with Crippen molar-refractivity contribution >= 4 is 63.1 Å². The van der Waals surface area contributed by atoms with Crippen molar-refractivity contribution in [1.29, 1.82) is 0 Å². The first-order valence-electron chi connectivity index (χ1n) is 34.3. The summed E-state index contributed by atoms with van der Waals surface area (Å²) < 4.78 is 7.90. The Hall–Kier alpha value is -6.98. The van der Waals surface area contributed by atoms with Gasteiger partial charge in [-0.2, -0.15) is 0 Å². The lowest BCUT2D eigenvalue weighted by molar-refractivity contribution is 0.282. The summed E-state index contributed by atoms with van der Waals surface area (Å²) >= 11 is 0. The number of fused-ring (bicyclic) bond motifs is 12. The quantitative estimate of drug-likeness (QED) is 0.160. The van der Waals surface area contributed by atoms with Crippen LogP contribution >= 0.6 is 0 Å². The lowest BCUT2D eigenvalue weighted by Crippen LogP contribution is -2.65. The Bertz CT molecular complexity index is 4320. The Balaban J connectivity index is 1.10. The Labute approximate surface area is 541 Å². The molecule has 3 heterocycles. The SMILES string of the molecule is CC(C)(C)c1ccc(N(c2cc3c4c(c2)N(c2ccc5c(c2)C(C)(C)CCC5(C)C)C2c5cc(C(C)(C)C)ccc5OC2B4c2cc4c(cc2N3c2ccc3c(c2)C(C)(C)CCC3(C)C)C(C)(C)CCC4(C)C)c2ccc3c(c2)C(C)(C)c2ccccc2-3)cc1. The second kappa shape index (κ2) is 19.1. The summed E-state index contributed by atoms with van der Waals surface area (Å²) in [6, 6.07) is 58.8. The number of anilines is 8. The smallest absolute Gasteiger partial charge is 0.267 e. The Morgan fingerprint density at radius 1 is 0.411 bits per heavy atom. The van der Waals surface area contributed by atoms with Gasteiger partial charge in [0.1, 0.15) is 11.8 Å². The number of rotatable bonds is 5. The minimum atomic E-state index is -0.239. The van der Waals surface area contributed by atoms with Crippen molar-refractivity contribution in [2.75, 3.05) is 14.7 Å². The summed E-state index contributed by atoms with van der Waals surface area (Å²) in [6.45, 7) is 48.7. The topological polar surface area (TPSA) is 19.0 Å². The zero-order valence-electron chi connectivity index (χ0n) is 58.1. The normalized spacial score (nSPS) is 21.7. The molecule has 0 saturated carbocycles. The van der Waals surface area contributed by atoms with Crippen LogP contribution in [0.3, 0.4) is 0 Å². The highest BCUT2D eigenvalue weighted by atomic mass is 16.5. The molecule has 0 aromatic heterocycles. The van der Waals surface area contributed by atoms with Gasteiger partial charge in [0.2, 0.25) is 0 Å². The fourth-order valence-electron chi connectivity index (χ4n) is 18.0. The second-order valence-corrected chi connectivity index (χ2v) is 35.4. The van der Waals surface area contributed by atoms with Crippen LogP contribution in [0.4, 0.5) is 45.5 Å². The van der Waals surface area contributed by atoms with E-state index in [1.165, 1.54) is 118 Å². The molecule has 0 N–H and O–H groups in total. The van der Waals surface area contributed by atoms with Crippen molar-refractivity contribution in [3.63, 3.8) is 0 Å². The van der Waals surface area contributed by atoms with E-state index in [1.807, 2.05) is 0 Å². The second-order valence-electron chi connectivity index (χ2n) is 35.4. The molecule has 4 aliphatic carbocycles. The number of hydrogen-bond donors (Lipinski definition) is 0. The van der Waals surface area contributed by atoms with E-state index < -0.39 is 0 Å². The Kier molecular flexibility index (Phi) is 12.6. The van der Waals surface area contributed by atoms with Gasteiger partial charge >= 0.3 is 0 Å². The largest absolute Gasteiger partial charge is 0.495 e. The molecule has 0 fully saturated rings. The molecule has 2 unspecified atom stereocenters. The molecule has 15 rings (SSSR count). The van der Waals surface area contributed by atoms with E-state index in [4.69, 9.17) is 4.74 Å². The summed E-state index contributed by atoms with van der Waals surface area (Å²) in [5.41, 5.74) is 30.3. The number of benzene rings is 8. The summed E-state index contributed by atoms with van der Waals surface area (Å²) in [5.74, 6) is 1.00. The highest BCUT2D eigenvalue weighted by Gasteiger charge is 2.57. The third kappa shape index (κ3) is 8.79. The predicted molar refractivity (Wildman–Crippen MR) is 384 cm³/mol.